The second kappa shape index (κ2) is 16.2. The molecule has 0 saturated carbocycles. The third kappa shape index (κ3) is 6.35. The number of aryl methyl sites for hydroxylation is 1. The Bertz CT molecular complexity index is 4120. The van der Waals surface area contributed by atoms with Crippen LogP contribution in [0.1, 0.15) is 23.2 Å². The van der Waals surface area contributed by atoms with Gasteiger partial charge in [-0.1, -0.05) is 170 Å². The molecular formula is C65H42N4O. The Labute approximate surface area is 405 Å². The van der Waals surface area contributed by atoms with Crippen molar-refractivity contribution in [2.75, 3.05) is 0 Å². The van der Waals surface area contributed by atoms with E-state index in [2.05, 4.69) is 209 Å². The molecule has 70 heavy (non-hydrogen) atoms. The molecule has 12 aromatic rings. The molecule has 0 N–H and O–H groups in total. The Hall–Kier alpha value is -9.24. The maximum atomic E-state index is 7.42. The van der Waals surface area contributed by atoms with Crippen molar-refractivity contribution < 1.29 is 4.42 Å². The van der Waals surface area contributed by atoms with Crippen LogP contribution in [0.5, 0.6) is 0 Å². The van der Waals surface area contributed by atoms with Crippen molar-refractivity contribution in [1.29, 1.82) is 0 Å². The zero-order valence-corrected chi connectivity index (χ0v) is 38.1. The van der Waals surface area contributed by atoms with Gasteiger partial charge in [0.2, 0.25) is 0 Å². The minimum Gasteiger partial charge on any atom is -0.455 e. The van der Waals surface area contributed by atoms with E-state index in [4.69, 9.17) is 14.4 Å². The highest BCUT2D eigenvalue weighted by molar-refractivity contribution is 6.21. The summed E-state index contributed by atoms with van der Waals surface area (Å²) in [6.07, 6.45) is 8.51. The molecule has 0 atom stereocenters. The van der Waals surface area contributed by atoms with E-state index in [1.807, 2.05) is 30.3 Å². The maximum Gasteiger partial charge on any atom is 0.160 e. The average molecular weight is 895 g/mol. The van der Waals surface area contributed by atoms with Crippen LogP contribution in [0.2, 0.25) is 0 Å². The van der Waals surface area contributed by atoms with Crippen LogP contribution in [0.3, 0.4) is 0 Å². The molecule has 8 aromatic carbocycles. The minimum absolute atomic E-state index is 0.591. The summed E-state index contributed by atoms with van der Waals surface area (Å²) in [5.74, 6) is 8.36. The number of rotatable bonds is 7. The predicted molar refractivity (Wildman–Crippen MR) is 287 cm³/mol. The minimum atomic E-state index is 0.591. The summed E-state index contributed by atoms with van der Waals surface area (Å²) in [7, 11) is 0. The lowest BCUT2D eigenvalue weighted by Crippen LogP contribution is -2.10. The fraction of sp³-hybridized carbons (Fsp3) is 0.0462. The third-order valence-electron chi connectivity index (χ3n) is 14.2. The van der Waals surface area contributed by atoms with Gasteiger partial charge < -0.3 is 13.6 Å². The molecule has 0 fully saturated rings. The third-order valence-corrected chi connectivity index (χ3v) is 14.2. The van der Waals surface area contributed by atoms with Crippen molar-refractivity contribution in [3.05, 3.63) is 235 Å². The van der Waals surface area contributed by atoms with E-state index < -0.39 is 0 Å². The van der Waals surface area contributed by atoms with Gasteiger partial charge in [-0.2, -0.15) is 0 Å². The van der Waals surface area contributed by atoms with E-state index in [0.29, 0.717) is 12.2 Å². The molecule has 328 valence electrons. The lowest BCUT2D eigenvalue weighted by Gasteiger charge is -2.24. The molecule has 4 heterocycles. The average Bonchev–Trinajstić information content (AvgIpc) is 4.00. The van der Waals surface area contributed by atoms with Crippen molar-refractivity contribution in [3.8, 4) is 79.6 Å². The van der Waals surface area contributed by atoms with E-state index in [0.717, 1.165) is 113 Å². The maximum absolute atomic E-state index is 7.42. The van der Waals surface area contributed by atoms with Gasteiger partial charge in [0.15, 0.2) is 5.82 Å². The molecule has 2 aliphatic carbocycles. The standard InChI is InChI=1S/C65H42N4O/c1-2-8-22-42(21-7-1)52-39-46(55-41-54(44-25-11-4-12-26-44)66-65(67-55)45-27-13-5-14-28-45)40-53(43-23-9-3-10-24-43)62(52)69-57-34-20-18-32-51(57)61-59(69)38-36-49-48-35-37-58-60(63(48)70-64(49)61)50-31-17-19-33-56(50)68(58)47-29-15-6-16-30-47/h1,3-7,9-21,23-35,37,39-41H,22,36,38H2. The van der Waals surface area contributed by atoms with Gasteiger partial charge in [-0.3, -0.25) is 0 Å². The normalized spacial score (nSPS) is 13.0. The first-order valence-corrected chi connectivity index (χ1v) is 24.0. The molecule has 5 nitrogen and oxygen atoms in total. The largest absolute Gasteiger partial charge is 0.455 e. The molecular weight excluding hydrogens is 853 g/mol. The Kier molecular flexibility index (Phi) is 9.25. The van der Waals surface area contributed by atoms with E-state index >= 15 is 0 Å². The summed E-state index contributed by atoms with van der Waals surface area (Å²) in [6.45, 7) is 0. The molecule has 0 aliphatic heterocycles. The number of nitrogens with zero attached hydrogens (tertiary/aromatic N) is 4. The van der Waals surface area contributed by atoms with Crippen LogP contribution in [0.15, 0.2) is 223 Å². The first-order chi connectivity index (χ1) is 34.7. The quantitative estimate of drug-likeness (QED) is 0.150. The van der Waals surface area contributed by atoms with Gasteiger partial charge in [0, 0.05) is 72.9 Å². The highest BCUT2D eigenvalue weighted by atomic mass is 16.3. The Morgan fingerprint density at radius 3 is 1.89 bits per heavy atom. The van der Waals surface area contributed by atoms with Gasteiger partial charge in [0.25, 0.3) is 0 Å². The molecule has 0 radical (unpaired) electrons. The van der Waals surface area contributed by atoms with Crippen LogP contribution in [0.25, 0.3) is 117 Å². The fourth-order valence-corrected chi connectivity index (χ4v) is 11.1. The molecule has 14 rings (SSSR count). The van der Waals surface area contributed by atoms with E-state index in [-0.39, 0.29) is 0 Å². The van der Waals surface area contributed by atoms with Crippen LogP contribution >= 0.6 is 0 Å². The SMILES string of the molecule is C1#CCC(c2cc(-c3cc(-c4ccccc4)nc(-c4ccccc4)n3)cc(-c3ccccc3)c2-n2c3c(c4ccccc42)-c2oc4c(ccc5c4c4ccccc4n5-c4ccccc4)c2CC3)=CC=C1. The summed E-state index contributed by atoms with van der Waals surface area (Å²) in [6, 6.07) is 71.2. The zero-order valence-electron chi connectivity index (χ0n) is 38.1. The highest BCUT2D eigenvalue weighted by Crippen LogP contribution is 2.51. The Morgan fingerprint density at radius 1 is 0.500 bits per heavy atom. The first kappa shape index (κ1) is 39.9. The van der Waals surface area contributed by atoms with Crippen molar-refractivity contribution in [2.45, 2.75) is 19.3 Å². The number of hydrogen-bond acceptors (Lipinski definition) is 3. The van der Waals surface area contributed by atoms with Crippen LogP contribution in [0.4, 0.5) is 0 Å². The van der Waals surface area contributed by atoms with E-state index in [1.165, 1.54) is 27.4 Å². The molecule has 0 unspecified atom stereocenters. The smallest absolute Gasteiger partial charge is 0.160 e. The summed E-state index contributed by atoms with van der Waals surface area (Å²) in [5.41, 5.74) is 19.4. The topological polar surface area (TPSA) is 48.8 Å². The number of furan rings is 1. The Morgan fingerprint density at radius 2 is 1.13 bits per heavy atom. The van der Waals surface area contributed by atoms with Crippen LogP contribution in [0, 0.1) is 11.8 Å². The zero-order chi connectivity index (χ0) is 46.1. The lowest BCUT2D eigenvalue weighted by atomic mass is 9.89. The molecule has 0 amide bonds. The van der Waals surface area contributed by atoms with Crippen LogP contribution in [-0.4, -0.2) is 19.1 Å². The number of fused-ring (bicyclic) bond motifs is 11. The molecule has 2 aliphatic rings. The van der Waals surface area contributed by atoms with Crippen molar-refractivity contribution in [2.24, 2.45) is 0 Å². The monoisotopic (exact) mass is 894 g/mol. The highest BCUT2D eigenvalue weighted by Gasteiger charge is 2.33. The number of para-hydroxylation sites is 3. The second-order valence-electron chi connectivity index (χ2n) is 18.1. The summed E-state index contributed by atoms with van der Waals surface area (Å²) in [5, 5.41) is 4.67. The molecule has 0 spiro atoms. The lowest BCUT2D eigenvalue weighted by molar-refractivity contribution is 0.623. The number of aromatic nitrogens is 4. The van der Waals surface area contributed by atoms with Crippen molar-refractivity contribution in [1.82, 2.24) is 19.1 Å². The van der Waals surface area contributed by atoms with E-state index in [9.17, 15) is 0 Å². The predicted octanol–water partition coefficient (Wildman–Crippen LogP) is 16.0. The molecule has 0 bridgehead atoms. The number of benzene rings is 8. The van der Waals surface area contributed by atoms with E-state index in [1.54, 1.807) is 0 Å². The van der Waals surface area contributed by atoms with Gasteiger partial charge in [-0.15, -0.1) is 0 Å². The van der Waals surface area contributed by atoms with Crippen LogP contribution < -0.4 is 0 Å². The van der Waals surface area contributed by atoms with Crippen molar-refractivity contribution >= 4 is 49.3 Å². The number of allylic oxidation sites excluding steroid dienone is 4. The van der Waals surface area contributed by atoms with Crippen molar-refractivity contribution in [3.63, 3.8) is 0 Å². The second-order valence-corrected chi connectivity index (χ2v) is 18.1. The fourth-order valence-electron chi connectivity index (χ4n) is 11.1. The Balaban J connectivity index is 1.05. The van der Waals surface area contributed by atoms with Gasteiger partial charge in [-0.25, -0.2) is 9.97 Å². The van der Waals surface area contributed by atoms with Gasteiger partial charge in [0.05, 0.1) is 39.0 Å². The number of hydrogen-bond donors (Lipinski definition) is 0. The molecule has 0 saturated heterocycles. The summed E-state index contributed by atoms with van der Waals surface area (Å²) < 4.78 is 12.3. The molecule has 5 heteroatoms. The van der Waals surface area contributed by atoms with Gasteiger partial charge in [0.1, 0.15) is 11.3 Å². The molecule has 4 aromatic heterocycles. The van der Waals surface area contributed by atoms with Crippen LogP contribution in [-0.2, 0) is 12.8 Å². The summed E-state index contributed by atoms with van der Waals surface area (Å²) >= 11 is 0. The van der Waals surface area contributed by atoms with Gasteiger partial charge in [-0.05, 0) is 84.7 Å². The summed E-state index contributed by atoms with van der Waals surface area (Å²) in [4.78, 5) is 10.5. The first-order valence-electron chi connectivity index (χ1n) is 24.0. The van der Waals surface area contributed by atoms with Gasteiger partial charge >= 0.3 is 0 Å².